The fourth-order valence-electron chi connectivity index (χ4n) is 3.38. The molecule has 2 atom stereocenters. The largest absolute Gasteiger partial charge is 0.573 e. The van der Waals surface area contributed by atoms with E-state index in [0.717, 1.165) is 19.2 Å². The number of halogens is 3. The van der Waals surface area contributed by atoms with Crippen molar-refractivity contribution in [1.29, 1.82) is 0 Å². The highest BCUT2D eigenvalue weighted by Gasteiger charge is 2.40. The van der Waals surface area contributed by atoms with E-state index >= 15 is 0 Å². The van der Waals surface area contributed by atoms with Gasteiger partial charge in [-0.1, -0.05) is 0 Å². The van der Waals surface area contributed by atoms with Crippen LogP contribution in [-0.4, -0.2) is 53.1 Å². The van der Waals surface area contributed by atoms with Crippen LogP contribution in [0.25, 0.3) is 0 Å². The minimum atomic E-state index is -4.73. The van der Waals surface area contributed by atoms with Crippen molar-refractivity contribution in [3.63, 3.8) is 0 Å². The zero-order chi connectivity index (χ0) is 16.6. The average molecular weight is 331 g/mol. The molecule has 2 unspecified atom stereocenters. The topological polar surface area (TPSA) is 65.9 Å². The fraction of sp³-hybridized carbons (Fsp3) is 0.571. The Kier molecular flexibility index (Phi) is 3.95. The Morgan fingerprint density at radius 3 is 2.70 bits per heavy atom. The van der Waals surface area contributed by atoms with Crippen molar-refractivity contribution in [2.45, 2.75) is 25.2 Å². The second-order valence-electron chi connectivity index (χ2n) is 5.73. The number of carboxylic acid groups (broad SMARTS) is 1. The molecule has 1 amide bonds. The zero-order valence-electron chi connectivity index (χ0n) is 12.2. The molecule has 1 N–H and O–H groups in total. The number of alkyl halides is 3. The summed E-state index contributed by atoms with van der Waals surface area (Å²) in [5.41, 5.74) is 0. The predicted octanol–water partition coefficient (Wildman–Crippen LogP) is 2.56. The number of hydrogen-bond donors (Lipinski definition) is 1. The number of pyridine rings is 1. The summed E-state index contributed by atoms with van der Waals surface area (Å²) in [5, 5.41) is 9.06. The van der Waals surface area contributed by atoms with E-state index in [1.807, 2.05) is 4.90 Å². The molecule has 126 valence electrons. The standard InChI is InChI=1S/C14H16F3N3O3/c15-14(16,17)23-10-1-2-12(18-7-10)20-6-3-9-8-19(13(21)22)5-4-11(9)20/h1-2,7,9,11H,3-6,8H2,(H,21,22). The van der Waals surface area contributed by atoms with Crippen molar-refractivity contribution >= 4 is 11.9 Å². The van der Waals surface area contributed by atoms with Crippen LogP contribution in [-0.2, 0) is 0 Å². The summed E-state index contributed by atoms with van der Waals surface area (Å²) in [6, 6.07) is 2.93. The van der Waals surface area contributed by atoms with Gasteiger partial charge in [0.1, 0.15) is 11.6 Å². The third kappa shape index (κ3) is 3.43. The lowest BCUT2D eigenvalue weighted by Crippen LogP contribution is -2.47. The van der Waals surface area contributed by atoms with Gasteiger partial charge in [0, 0.05) is 25.7 Å². The molecule has 2 saturated heterocycles. The first-order valence-electron chi connectivity index (χ1n) is 7.30. The maximum absolute atomic E-state index is 12.2. The second kappa shape index (κ2) is 5.78. The number of fused-ring (bicyclic) bond motifs is 1. The average Bonchev–Trinajstić information content (AvgIpc) is 2.89. The van der Waals surface area contributed by atoms with Gasteiger partial charge in [-0.3, -0.25) is 0 Å². The van der Waals surface area contributed by atoms with E-state index in [1.54, 1.807) is 0 Å². The summed E-state index contributed by atoms with van der Waals surface area (Å²) in [6.07, 6.45) is -3.04. The Morgan fingerprint density at radius 2 is 2.09 bits per heavy atom. The number of hydrogen-bond acceptors (Lipinski definition) is 4. The first kappa shape index (κ1) is 15.7. The van der Waals surface area contributed by atoms with E-state index < -0.39 is 12.5 Å². The third-order valence-electron chi connectivity index (χ3n) is 4.35. The Bertz CT molecular complexity index is 579. The van der Waals surface area contributed by atoms with E-state index in [2.05, 4.69) is 9.72 Å². The number of likely N-dealkylation sites (tertiary alicyclic amines) is 1. The number of rotatable bonds is 2. The molecule has 9 heteroatoms. The molecule has 3 heterocycles. The summed E-state index contributed by atoms with van der Waals surface area (Å²) < 4.78 is 40.3. The summed E-state index contributed by atoms with van der Waals surface area (Å²) in [4.78, 5) is 18.6. The first-order chi connectivity index (χ1) is 10.8. The Balaban J connectivity index is 1.68. The lowest BCUT2D eigenvalue weighted by Gasteiger charge is -2.37. The molecule has 6 nitrogen and oxygen atoms in total. The van der Waals surface area contributed by atoms with Crippen molar-refractivity contribution in [2.75, 3.05) is 24.5 Å². The van der Waals surface area contributed by atoms with Crippen LogP contribution in [0.15, 0.2) is 18.3 Å². The summed E-state index contributed by atoms with van der Waals surface area (Å²) in [6.45, 7) is 1.67. The lowest BCUT2D eigenvalue weighted by atomic mass is 9.93. The molecule has 2 aliphatic heterocycles. The monoisotopic (exact) mass is 331 g/mol. The molecule has 0 radical (unpaired) electrons. The van der Waals surface area contributed by atoms with Gasteiger partial charge in [0.25, 0.3) is 0 Å². The quantitative estimate of drug-likeness (QED) is 0.902. The summed E-state index contributed by atoms with van der Waals surface area (Å²) in [7, 11) is 0. The summed E-state index contributed by atoms with van der Waals surface area (Å²) in [5.74, 6) is 0.473. The number of piperidine rings is 1. The van der Waals surface area contributed by atoms with Gasteiger partial charge in [0.15, 0.2) is 0 Å². The van der Waals surface area contributed by atoms with Gasteiger partial charge in [0.2, 0.25) is 0 Å². The van der Waals surface area contributed by atoms with E-state index in [9.17, 15) is 18.0 Å². The molecule has 2 aliphatic rings. The van der Waals surface area contributed by atoms with Crippen LogP contribution >= 0.6 is 0 Å². The molecule has 0 saturated carbocycles. The number of aromatic nitrogens is 1. The molecular formula is C14H16F3N3O3. The second-order valence-corrected chi connectivity index (χ2v) is 5.73. The number of amides is 1. The van der Waals surface area contributed by atoms with Gasteiger partial charge in [-0.05, 0) is 30.9 Å². The van der Waals surface area contributed by atoms with Gasteiger partial charge < -0.3 is 19.6 Å². The molecule has 0 spiro atoms. The fourth-order valence-corrected chi connectivity index (χ4v) is 3.38. The van der Waals surface area contributed by atoms with Crippen molar-refractivity contribution in [3.05, 3.63) is 18.3 Å². The SMILES string of the molecule is O=C(O)N1CCC2C(CCN2c2ccc(OC(F)(F)F)cn2)C1. The molecule has 1 aromatic rings. The highest BCUT2D eigenvalue weighted by Crippen LogP contribution is 2.35. The zero-order valence-corrected chi connectivity index (χ0v) is 12.2. The number of carbonyl (C=O) groups is 1. The predicted molar refractivity (Wildman–Crippen MR) is 74.4 cm³/mol. The van der Waals surface area contributed by atoms with Crippen molar-refractivity contribution < 1.29 is 27.8 Å². The smallest absolute Gasteiger partial charge is 0.465 e. The van der Waals surface area contributed by atoms with E-state index in [0.29, 0.717) is 25.3 Å². The molecule has 2 fully saturated rings. The van der Waals surface area contributed by atoms with Gasteiger partial charge in [-0.2, -0.15) is 0 Å². The Labute approximate surface area is 130 Å². The third-order valence-corrected chi connectivity index (χ3v) is 4.35. The first-order valence-corrected chi connectivity index (χ1v) is 7.30. The minimum Gasteiger partial charge on any atom is -0.465 e. The van der Waals surface area contributed by atoms with Crippen LogP contribution < -0.4 is 9.64 Å². The van der Waals surface area contributed by atoms with Gasteiger partial charge in [-0.25, -0.2) is 9.78 Å². The van der Waals surface area contributed by atoms with E-state index in [4.69, 9.17) is 5.11 Å². The van der Waals surface area contributed by atoms with Crippen molar-refractivity contribution in [3.8, 4) is 5.75 Å². The molecular weight excluding hydrogens is 315 g/mol. The molecule has 0 aliphatic carbocycles. The highest BCUT2D eigenvalue weighted by atomic mass is 19.4. The van der Waals surface area contributed by atoms with E-state index in [1.165, 1.54) is 17.0 Å². The van der Waals surface area contributed by atoms with Gasteiger partial charge in [0.05, 0.1) is 6.20 Å². The molecule has 0 aromatic carbocycles. The maximum Gasteiger partial charge on any atom is 0.573 e. The molecule has 1 aromatic heterocycles. The summed E-state index contributed by atoms with van der Waals surface area (Å²) >= 11 is 0. The number of nitrogens with zero attached hydrogens (tertiary/aromatic N) is 3. The maximum atomic E-state index is 12.2. The number of ether oxygens (including phenoxy) is 1. The minimum absolute atomic E-state index is 0.174. The lowest BCUT2D eigenvalue weighted by molar-refractivity contribution is -0.274. The normalized spacial score (nSPS) is 24.5. The van der Waals surface area contributed by atoms with E-state index in [-0.39, 0.29) is 17.7 Å². The van der Waals surface area contributed by atoms with Crippen LogP contribution in [0.4, 0.5) is 23.8 Å². The van der Waals surface area contributed by atoms with Crippen LogP contribution in [0.1, 0.15) is 12.8 Å². The Morgan fingerprint density at radius 1 is 1.30 bits per heavy atom. The molecule has 3 rings (SSSR count). The van der Waals surface area contributed by atoms with Crippen molar-refractivity contribution in [1.82, 2.24) is 9.88 Å². The Hall–Kier alpha value is -2.19. The van der Waals surface area contributed by atoms with Crippen LogP contribution in [0.2, 0.25) is 0 Å². The van der Waals surface area contributed by atoms with Crippen molar-refractivity contribution in [2.24, 2.45) is 5.92 Å². The van der Waals surface area contributed by atoms with Crippen LogP contribution in [0.5, 0.6) is 5.75 Å². The van der Waals surface area contributed by atoms with Crippen LogP contribution in [0.3, 0.4) is 0 Å². The molecule has 23 heavy (non-hydrogen) atoms. The highest BCUT2D eigenvalue weighted by molar-refractivity contribution is 5.65. The number of anilines is 1. The van der Waals surface area contributed by atoms with Gasteiger partial charge in [-0.15, -0.1) is 13.2 Å². The van der Waals surface area contributed by atoms with Gasteiger partial charge >= 0.3 is 12.5 Å². The van der Waals surface area contributed by atoms with Crippen LogP contribution in [0, 0.1) is 5.92 Å². The molecule has 0 bridgehead atoms.